The molecule has 2 rings (SSSR count). The summed E-state index contributed by atoms with van der Waals surface area (Å²) in [5, 5.41) is 11.8. The largest absolute Gasteiger partial charge is 0.478 e. The van der Waals surface area contributed by atoms with E-state index >= 15 is 0 Å². The molecule has 0 bridgehead atoms. The zero-order chi connectivity index (χ0) is 14.7. The topological polar surface area (TPSA) is 66.4 Å². The number of carbonyl (C=O) groups excluding carboxylic acids is 1. The molecule has 0 saturated heterocycles. The van der Waals surface area contributed by atoms with Crippen LogP contribution >= 0.6 is 27.5 Å². The van der Waals surface area contributed by atoms with E-state index in [-0.39, 0.29) is 5.56 Å². The van der Waals surface area contributed by atoms with Crippen LogP contribution in [0.1, 0.15) is 20.7 Å². The average Bonchev–Trinajstić information content (AvgIpc) is 2.42. The maximum Gasteiger partial charge on any atom is 0.335 e. The molecule has 0 aliphatic rings. The van der Waals surface area contributed by atoms with E-state index in [4.69, 9.17) is 16.7 Å². The first-order chi connectivity index (χ1) is 9.49. The smallest absolute Gasteiger partial charge is 0.335 e. The number of anilines is 1. The van der Waals surface area contributed by atoms with Gasteiger partial charge < -0.3 is 10.4 Å². The number of carboxylic acids is 1. The SMILES string of the molecule is O=C(O)c1cccc(NC(=O)c2cccc(Br)c2Cl)c1. The van der Waals surface area contributed by atoms with E-state index in [2.05, 4.69) is 21.2 Å². The van der Waals surface area contributed by atoms with E-state index < -0.39 is 11.9 Å². The molecule has 1 amide bonds. The molecule has 2 N–H and O–H groups in total. The average molecular weight is 355 g/mol. The Balaban J connectivity index is 2.26. The normalized spacial score (nSPS) is 10.1. The quantitative estimate of drug-likeness (QED) is 0.874. The molecule has 0 heterocycles. The molecule has 0 unspecified atom stereocenters. The lowest BCUT2D eigenvalue weighted by atomic mass is 10.1. The maximum absolute atomic E-state index is 12.1. The first-order valence-corrected chi connectivity index (χ1v) is 6.75. The third-order valence-electron chi connectivity index (χ3n) is 2.56. The number of hydrogen-bond acceptors (Lipinski definition) is 2. The Hall–Kier alpha value is -1.85. The van der Waals surface area contributed by atoms with Crippen LogP contribution < -0.4 is 5.32 Å². The van der Waals surface area contributed by atoms with Crippen LogP contribution in [0.15, 0.2) is 46.9 Å². The molecule has 102 valence electrons. The van der Waals surface area contributed by atoms with E-state index in [0.717, 1.165) is 0 Å². The van der Waals surface area contributed by atoms with E-state index in [1.165, 1.54) is 12.1 Å². The molecule has 0 spiro atoms. The Morgan fingerprint density at radius 1 is 1.15 bits per heavy atom. The highest BCUT2D eigenvalue weighted by Crippen LogP contribution is 2.26. The highest BCUT2D eigenvalue weighted by molar-refractivity contribution is 9.10. The first-order valence-electron chi connectivity index (χ1n) is 5.58. The van der Waals surface area contributed by atoms with Crippen LogP contribution in [0.25, 0.3) is 0 Å². The van der Waals surface area contributed by atoms with Gasteiger partial charge in [-0.25, -0.2) is 4.79 Å². The van der Waals surface area contributed by atoms with Gasteiger partial charge in [0.25, 0.3) is 5.91 Å². The first kappa shape index (κ1) is 14.6. The fraction of sp³-hybridized carbons (Fsp3) is 0. The minimum atomic E-state index is -1.05. The van der Waals surface area contributed by atoms with Crippen molar-refractivity contribution < 1.29 is 14.7 Å². The van der Waals surface area contributed by atoms with Crippen molar-refractivity contribution in [2.75, 3.05) is 5.32 Å². The molecule has 0 aromatic heterocycles. The van der Waals surface area contributed by atoms with Crippen molar-refractivity contribution in [1.82, 2.24) is 0 Å². The predicted octanol–water partition coefficient (Wildman–Crippen LogP) is 4.05. The summed E-state index contributed by atoms with van der Waals surface area (Å²) in [5.74, 6) is -1.46. The molecule has 0 radical (unpaired) electrons. The molecule has 0 aliphatic carbocycles. The van der Waals surface area contributed by atoms with Gasteiger partial charge in [-0.1, -0.05) is 23.7 Å². The lowest BCUT2D eigenvalue weighted by Gasteiger charge is -2.08. The van der Waals surface area contributed by atoms with Gasteiger partial charge in [-0.05, 0) is 46.3 Å². The van der Waals surface area contributed by atoms with Crippen molar-refractivity contribution in [3.63, 3.8) is 0 Å². The fourth-order valence-electron chi connectivity index (χ4n) is 1.61. The number of nitrogens with one attached hydrogen (secondary N) is 1. The summed E-state index contributed by atoms with van der Waals surface area (Å²) in [4.78, 5) is 23.0. The number of rotatable bonds is 3. The van der Waals surface area contributed by atoms with Gasteiger partial charge in [0.2, 0.25) is 0 Å². The number of hydrogen-bond donors (Lipinski definition) is 2. The predicted molar refractivity (Wildman–Crippen MR) is 80.5 cm³/mol. The van der Waals surface area contributed by atoms with Crippen LogP contribution in [0.2, 0.25) is 5.02 Å². The van der Waals surface area contributed by atoms with Crippen LogP contribution in [-0.4, -0.2) is 17.0 Å². The molecule has 0 fully saturated rings. The highest BCUT2D eigenvalue weighted by atomic mass is 79.9. The number of carboxylic acid groups (broad SMARTS) is 1. The summed E-state index contributed by atoms with van der Waals surface area (Å²) < 4.78 is 0.617. The third-order valence-corrected chi connectivity index (χ3v) is 3.86. The van der Waals surface area contributed by atoms with Crippen molar-refractivity contribution >= 4 is 45.1 Å². The fourth-order valence-corrected chi connectivity index (χ4v) is 2.19. The minimum absolute atomic E-state index is 0.100. The Morgan fingerprint density at radius 3 is 2.55 bits per heavy atom. The second kappa shape index (κ2) is 6.07. The molecule has 0 saturated carbocycles. The van der Waals surface area contributed by atoms with Gasteiger partial charge in [-0.3, -0.25) is 4.79 Å². The van der Waals surface area contributed by atoms with E-state index in [9.17, 15) is 9.59 Å². The molecule has 2 aromatic carbocycles. The number of halogens is 2. The van der Waals surface area contributed by atoms with Crippen molar-refractivity contribution in [2.24, 2.45) is 0 Å². The second-order valence-electron chi connectivity index (χ2n) is 3.94. The second-order valence-corrected chi connectivity index (χ2v) is 5.17. The van der Waals surface area contributed by atoms with Crippen LogP contribution in [-0.2, 0) is 0 Å². The summed E-state index contributed by atoms with van der Waals surface area (Å²) >= 11 is 9.28. The van der Waals surface area contributed by atoms with Gasteiger partial charge in [-0.2, -0.15) is 0 Å². The van der Waals surface area contributed by atoms with Gasteiger partial charge in [0.05, 0.1) is 16.1 Å². The zero-order valence-corrected chi connectivity index (χ0v) is 12.4. The summed E-state index contributed by atoms with van der Waals surface area (Å²) in [6.07, 6.45) is 0. The molecule has 2 aromatic rings. The third kappa shape index (κ3) is 3.18. The van der Waals surface area contributed by atoms with Gasteiger partial charge in [-0.15, -0.1) is 0 Å². The number of benzene rings is 2. The van der Waals surface area contributed by atoms with Crippen molar-refractivity contribution in [3.05, 3.63) is 63.1 Å². The van der Waals surface area contributed by atoms with E-state index in [0.29, 0.717) is 20.7 Å². The van der Waals surface area contributed by atoms with Crippen molar-refractivity contribution in [3.8, 4) is 0 Å². The van der Waals surface area contributed by atoms with Gasteiger partial charge in [0, 0.05) is 10.2 Å². The standard InChI is InChI=1S/C14H9BrClNO3/c15-11-6-2-5-10(12(11)16)13(18)17-9-4-1-3-8(7-9)14(19)20/h1-7H,(H,17,18)(H,19,20). The Morgan fingerprint density at radius 2 is 1.85 bits per heavy atom. The lowest BCUT2D eigenvalue weighted by molar-refractivity contribution is 0.0696. The number of aromatic carboxylic acids is 1. The van der Waals surface area contributed by atoms with Crippen LogP contribution in [0.3, 0.4) is 0 Å². The lowest BCUT2D eigenvalue weighted by Crippen LogP contribution is -2.13. The van der Waals surface area contributed by atoms with Crippen molar-refractivity contribution in [2.45, 2.75) is 0 Å². The van der Waals surface area contributed by atoms with Crippen LogP contribution in [0.4, 0.5) is 5.69 Å². The molecule has 20 heavy (non-hydrogen) atoms. The van der Waals surface area contributed by atoms with Gasteiger partial charge in [0.15, 0.2) is 0 Å². The Kier molecular flexibility index (Phi) is 4.42. The molecular weight excluding hydrogens is 346 g/mol. The molecule has 6 heteroatoms. The van der Waals surface area contributed by atoms with E-state index in [1.807, 2.05) is 0 Å². The summed E-state index contributed by atoms with van der Waals surface area (Å²) in [7, 11) is 0. The van der Waals surface area contributed by atoms with Crippen molar-refractivity contribution in [1.29, 1.82) is 0 Å². The zero-order valence-electron chi connectivity index (χ0n) is 10.1. The van der Waals surface area contributed by atoms with Crippen LogP contribution in [0.5, 0.6) is 0 Å². The summed E-state index contributed by atoms with van der Waals surface area (Å²) in [5.41, 5.74) is 0.802. The number of amides is 1. The summed E-state index contributed by atoms with van der Waals surface area (Å²) in [6, 6.07) is 11.0. The number of carbonyl (C=O) groups is 2. The van der Waals surface area contributed by atoms with Crippen LogP contribution in [0, 0.1) is 0 Å². The maximum atomic E-state index is 12.1. The van der Waals surface area contributed by atoms with E-state index in [1.54, 1.807) is 30.3 Å². The molecule has 0 aliphatic heterocycles. The molecule has 4 nitrogen and oxygen atoms in total. The highest BCUT2D eigenvalue weighted by Gasteiger charge is 2.13. The monoisotopic (exact) mass is 353 g/mol. The van der Waals surface area contributed by atoms with Gasteiger partial charge >= 0.3 is 5.97 Å². The minimum Gasteiger partial charge on any atom is -0.478 e. The summed E-state index contributed by atoms with van der Waals surface area (Å²) in [6.45, 7) is 0. The molecule has 0 atom stereocenters. The molecular formula is C14H9BrClNO3. The Bertz CT molecular complexity index is 688. The Labute approximate surface area is 128 Å². The van der Waals surface area contributed by atoms with Gasteiger partial charge in [0.1, 0.15) is 0 Å².